The first-order valence-electron chi connectivity index (χ1n) is 9.29. The number of carbonyl (C=O) groups is 1. The number of amides is 1. The van der Waals surface area contributed by atoms with E-state index < -0.39 is 0 Å². The van der Waals surface area contributed by atoms with Gasteiger partial charge in [-0.15, -0.1) is 0 Å². The van der Waals surface area contributed by atoms with E-state index in [4.69, 9.17) is 0 Å². The summed E-state index contributed by atoms with van der Waals surface area (Å²) >= 11 is 1.49. The van der Waals surface area contributed by atoms with E-state index >= 15 is 0 Å². The second kappa shape index (κ2) is 9.93. The average molecular weight is 374 g/mol. The number of aryl methyl sites for hydroxylation is 2. The van der Waals surface area contributed by atoms with Crippen molar-refractivity contribution >= 4 is 22.7 Å². The summed E-state index contributed by atoms with van der Waals surface area (Å²) in [6.07, 6.45) is 3.53. The summed E-state index contributed by atoms with van der Waals surface area (Å²) in [7, 11) is 2.17. The molecule has 5 heteroatoms. The molecule has 0 aromatic heterocycles. The number of thioether (sulfide) groups is 1. The first-order chi connectivity index (χ1) is 12.4. The fourth-order valence-corrected chi connectivity index (χ4v) is 4.45. The second-order valence-corrected chi connectivity index (χ2v) is 8.09. The zero-order valence-electron chi connectivity index (χ0n) is 16.5. The largest absolute Gasteiger partial charge is 0.355 e. The summed E-state index contributed by atoms with van der Waals surface area (Å²) in [6.45, 7) is 11.9. The van der Waals surface area contributed by atoms with Crippen molar-refractivity contribution in [2.75, 3.05) is 25.9 Å². The highest BCUT2D eigenvalue weighted by Crippen LogP contribution is 2.22. The van der Waals surface area contributed by atoms with Gasteiger partial charge in [0, 0.05) is 23.8 Å². The summed E-state index contributed by atoms with van der Waals surface area (Å²) in [5.41, 5.74) is 4.20. The molecular weight excluding hydrogens is 342 g/mol. The normalized spacial score (nSPS) is 18.2. The van der Waals surface area contributed by atoms with E-state index in [9.17, 15) is 4.79 Å². The molecule has 0 bridgehead atoms. The monoisotopic (exact) mass is 373 g/mol. The van der Waals surface area contributed by atoms with E-state index in [1.54, 1.807) is 0 Å². The zero-order chi connectivity index (χ0) is 19.1. The Morgan fingerprint density at radius 3 is 2.65 bits per heavy atom. The Balaban J connectivity index is 1.91. The third kappa shape index (κ3) is 5.99. The Morgan fingerprint density at radius 1 is 1.38 bits per heavy atom. The van der Waals surface area contributed by atoms with Crippen molar-refractivity contribution in [1.82, 2.24) is 10.2 Å². The molecule has 1 aromatic rings. The molecule has 1 amide bonds. The van der Waals surface area contributed by atoms with Crippen molar-refractivity contribution in [2.24, 2.45) is 4.99 Å². The molecule has 1 heterocycles. The van der Waals surface area contributed by atoms with E-state index in [2.05, 4.69) is 54.8 Å². The molecule has 1 aromatic carbocycles. The van der Waals surface area contributed by atoms with Crippen LogP contribution in [-0.4, -0.2) is 47.8 Å². The number of hydrogen-bond acceptors (Lipinski definition) is 4. The van der Waals surface area contributed by atoms with Gasteiger partial charge in [0.05, 0.1) is 5.75 Å². The predicted molar refractivity (Wildman–Crippen MR) is 113 cm³/mol. The van der Waals surface area contributed by atoms with Gasteiger partial charge < -0.3 is 10.2 Å². The van der Waals surface area contributed by atoms with Crippen LogP contribution in [0.2, 0.25) is 0 Å². The van der Waals surface area contributed by atoms with Gasteiger partial charge in [-0.05, 0) is 64.8 Å². The van der Waals surface area contributed by atoms with Crippen LogP contribution in [0, 0.1) is 13.8 Å². The maximum atomic E-state index is 12.3. The number of rotatable bonds is 7. The van der Waals surface area contributed by atoms with Crippen molar-refractivity contribution in [3.8, 4) is 0 Å². The van der Waals surface area contributed by atoms with E-state index in [0.29, 0.717) is 11.8 Å². The summed E-state index contributed by atoms with van der Waals surface area (Å²) in [6, 6.07) is 6.81. The van der Waals surface area contributed by atoms with Crippen molar-refractivity contribution in [1.29, 1.82) is 0 Å². The fraction of sp³-hybridized carbons (Fsp3) is 0.524. The van der Waals surface area contributed by atoms with Crippen LogP contribution in [0.25, 0.3) is 0 Å². The zero-order valence-corrected chi connectivity index (χ0v) is 17.3. The molecule has 1 unspecified atom stereocenters. The van der Waals surface area contributed by atoms with Crippen molar-refractivity contribution in [3.63, 3.8) is 0 Å². The minimum absolute atomic E-state index is 0.0660. The highest BCUT2D eigenvalue weighted by molar-refractivity contribution is 8.15. The van der Waals surface area contributed by atoms with Gasteiger partial charge in [0.15, 0.2) is 0 Å². The van der Waals surface area contributed by atoms with Gasteiger partial charge in [-0.2, -0.15) is 0 Å². The number of benzene rings is 1. The smallest absolute Gasteiger partial charge is 0.230 e. The number of nitrogens with zero attached hydrogens (tertiary/aromatic N) is 2. The van der Waals surface area contributed by atoms with Gasteiger partial charge in [0.25, 0.3) is 0 Å². The quantitative estimate of drug-likeness (QED) is 0.582. The van der Waals surface area contributed by atoms with Crippen molar-refractivity contribution in [2.45, 2.75) is 46.1 Å². The molecule has 142 valence electrons. The number of hydrogen-bond donors (Lipinski definition) is 1. The first-order valence-corrected chi connectivity index (χ1v) is 10.3. The lowest BCUT2D eigenvalue weighted by Gasteiger charge is -2.19. The van der Waals surface area contributed by atoms with Crippen LogP contribution in [0.1, 0.15) is 42.9 Å². The number of carbonyl (C=O) groups excluding carboxylic acids is 1. The predicted octanol–water partition coefficient (Wildman–Crippen LogP) is 3.92. The van der Waals surface area contributed by atoms with E-state index in [0.717, 1.165) is 29.3 Å². The van der Waals surface area contributed by atoms with Crippen LogP contribution in [0.3, 0.4) is 0 Å². The lowest BCUT2D eigenvalue weighted by molar-refractivity contribution is -0.118. The molecule has 1 aliphatic rings. The summed E-state index contributed by atoms with van der Waals surface area (Å²) in [5, 5.41) is 3.93. The minimum Gasteiger partial charge on any atom is -0.355 e. The van der Waals surface area contributed by atoms with Gasteiger partial charge in [-0.25, -0.2) is 4.99 Å². The van der Waals surface area contributed by atoms with Crippen LogP contribution in [-0.2, 0) is 4.79 Å². The van der Waals surface area contributed by atoms with Gasteiger partial charge in [0.1, 0.15) is 5.04 Å². The second-order valence-electron chi connectivity index (χ2n) is 7.12. The lowest BCUT2D eigenvalue weighted by atomic mass is 10.0. The fourth-order valence-electron chi connectivity index (χ4n) is 3.39. The Labute approximate surface area is 162 Å². The Bertz CT molecular complexity index is 664. The van der Waals surface area contributed by atoms with E-state index in [1.165, 1.54) is 42.3 Å². The molecule has 26 heavy (non-hydrogen) atoms. The Morgan fingerprint density at radius 2 is 2.08 bits per heavy atom. The van der Waals surface area contributed by atoms with Gasteiger partial charge >= 0.3 is 0 Å². The number of allylic oxidation sites excluding steroid dienone is 1. The van der Waals surface area contributed by atoms with Crippen molar-refractivity contribution in [3.05, 3.63) is 47.2 Å². The molecule has 1 atom stereocenters. The number of aliphatic imine (C=N–C) groups is 1. The third-order valence-electron chi connectivity index (χ3n) is 4.80. The minimum atomic E-state index is 0.0660. The van der Waals surface area contributed by atoms with Gasteiger partial charge in [-0.3, -0.25) is 4.79 Å². The third-order valence-corrected chi connectivity index (χ3v) is 5.77. The van der Waals surface area contributed by atoms with Crippen LogP contribution in [0.5, 0.6) is 0 Å². The van der Waals surface area contributed by atoms with Crippen LogP contribution in [0.15, 0.2) is 35.5 Å². The maximum Gasteiger partial charge on any atom is 0.230 e. The molecular formula is C21H31N3OS. The van der Waals surface area contributed by atoms with Crippen LogP contribution < -0.4 is 5.32 Å². The number of likely N-dealkylation sites (tertiary alicyclic amines) is 1. The highest BCUT2D eigenvalue weighted by Gasteiger charge is 2.20. The van der Waals surface area contributed by atoms with Crippen molar-refractivity contribution < 1.29 is 4.79 Å². The highest BCUT2D eigenvalue weighted by atomic mass is 32.2. The van der Waals surface area contributed by atoms with E-state index in [-0.39, 0.29) is 5.91 Å². The van der Waals surface area contributed by atoms with Gasteiger partial charge in [0.2, 0.25) is 5.91 Å². The van der Waals surface area contributed by atoms with Gasteiger partial charge in [-0.1, -0.05) is 36.5 Å². The molecule has 1 saturated heterocycles. The molecule has 0 radical (unpaired) electrons. The maximum absolute atomic E-state index is 12.3. The molecule has 1 N–H and O–H groups in total. The lowest BCUT2D eigenvalue weighted by Crippen LogP contribution is -2.32. The first kappa shape index (κ1) is 20.7. The molecule has 0 aliphatic carbocycles. The molecule has 4 nitrogen and oxygen atoms in total. The summed E-state index contributed by atoms with van der Waals surface area (Å²) in [5.74, 6) is 0.441. The van der Waals surface area contributed by atoms with Crippen LogP contribution >= 0.6 is 11.8 Å². The molecule has 2 rings (SSSR count). The summed E-state index contributed by atoms with van der Waals surface area (Å²) in [4.78, 5) is 19.2. The topological polar surface area (TPSA) is 44.7 Å². The standard InChI is InChI=1S/C21H31N3OS/c1-15(2)23-21(20-16(3)8-6-9-17(20)4)26-14-19(25)22-12-11-18-10-7-13-24(18)5/h6,8-9,18H,1,7,10-14H2,2-5H3,(H,22,25). The molecule has 1 aliphatic heterocycles. The molecule has 1 fully saturated rings. The summed E-state index contributed by atoms with van der Waals surface area (Å²) < 4.78 is 0. The Hall–Kier alpha value is -1.59. The molecule has 0 spiro atoms. The Kier molecular flexibility index (Phi) is 7.91. The average Bonchev–Trinajstić information content (AvgIpc) is 2.97. The molecule has 0 saturated carbocycles. The van der Waals surface area contributed by atoms with Crippen LogP contribution in [0.4, 0.5) is 0 Å². The number of nitrogens with one attached hydrogen (secondary N) is 1. The van der Waals surface area contributed by atoms with E-state index in [1.807, 2.05) is 13.0 Å². The SMILES string of the molecule is C=C(C)N=C(SCC(=O)NCCC1CCCN1C)c1c(C)cccc1C.